The molecule has 1 aliphatic heterocycles. The minimum Gasteiger partial charge on any atom is -0.335 e. The third kappa shape index (κ3) is 3.23. The summed E-state index contributed by atoms with van der Waals surface area (Å²) < 4.78 is 0.937. The Morgan fingerprint density at radius 1 is 1.09 bits per heavy atom. The zero-order valence-electron chi connectivity index (χ0n) is 12.6. The lowest BCUT2D eigenvalue weighted by atomic mass is 10.0. The second kappa shape index (κ2) is 6.63. The van der Waals surface area contributed by atoms with Crippen LogP contribution >= 0.6 is 15.9 Å². The molecule has 22 heavy (non-hydrogen) atoms. The van der Waals surface area contributed by atoms with Gasteiger partial charge in [0.2, 0.25) is 0 Å². The van der Waals surface area contributed by atoms with Gasteiger partial charge in [0, 0.05) is 29.7 Å². The van der Waals surface area contributed by atoms with Crippen LogP contribution < -0.4 is 0 Å². The van der Waals surface area contributed by atoms with Gasteiger partial charge in [-0.3, -0.25) is 9.69 Å². The van der Waals surface area contributed by atoms with Crippen LogP contribution in [-0.4, -0.2) is 42.4 Å². The fourth-order valence-electron chi connectivity index (χ4n) is 2.90. The molecule has 1 saturated heterocycles. The first-order valence-electron chi connectivity index (χ1n) is 7.45. The molecule has 3 nitrogen and oxygen atoms in total. The Hall–Kier alpha value is -1.65. The summed E-state index contributed by atoms with van der Waals surface area (Å²) in [5, 5.41) is 0. The molecule has 1 unspecified atom stereocenters. The Morgan fingerprint density at radius 3 is 2.59 bits per heavy atom. The van der Waals surface area contributed by atoms with Crippen LogP contribution in [0.5, 0.6) is 0 Å². The number of amides is 1. The van der Waals surface area contributed by atoms with E-state index in [1.807, 2.05) is 35.2 Å². The first-order chi connectivity index (χ1) is 10.6. The van der Waals surface area contributed by atoms with Crippen LogP contribution in [0, 0.1) is 0 Å². The Bertz CT molecular complexity index is 659. The Morgan fingerprint density at radius 2 is 1.86 bits per heavy atom. The minimum absolute atomic E-state index is 0.107. The molecule has 0 spiro atoms. The maximum atomic E-state index is 12.7. The first-order valence-corrected chi connectivity index (χ1v) is 8.24. The van der Waals surface area contributed by atoms with Crippen molar-refractivity contribution in [3.63, 3.8) is 0 Å². The van der Waals surface area contributed by atoms with Crippen molar-refractivity contribution in [2.75, 3.05) is 26.7 Å². The van der Waals surface area contributed by atoms with E-state index in [9.17, 15) is 4.79 Å². The fourth-order valence-corrected chi connectivity index (χ4v) is 3.30. The number of hydrogen-bond donors (Lipinski definition) is 0. The highest BCUT2D eigenvalue weighted by Gasteiger charge is 2.28. The average molecular weight is 359 g/mol. The van der Waals surface area contributed by atoms with Gasteiger partial charge in [-0.15, -0.1) is 0 Å². The predicted molar refractivity (Wildman–Crippen MR) is 91.9 cm³/mol. The molecule has 0 saturated carbocycles. The Balaban J connectivity index is 1.80. The molecule has 0 radical (unpaired) electrons. The van der Waals surface area contributed by atoms with Crippen molar-refractivity contribution in [1.82, 2.24) is 9.80 Å². The Labute approximate surface area is 139 Å². The van der Waals surface area contributed by atoms with E-state index in [0.717, 1.165) is 29.7 Å². The van der Waals surface area contributed by atoms with E-state index in [0.29, 0.717) is 0 Å². The quantitative estimate of drug-likeness (QED) is 0.818. The summed E-state index contributed by atoms with van der Waals surface area (Å²) in [5.41, 5.74) is 2.00. The van der Waals surface area contributed by atoms with Crippen LogP contribution in [0.1, 0.15) is 22.0 Å². The van der Waals surface area contributed by atoms with E-state index in [1.54, 1.807) is 0 Å². The third-order valence-electron chi connectivity index (χ3n) is 4.19. The lowest BCUT2D eigenvalue weighted by Crippen LogP contribution is -2.49. The monoisotopic (exact) mass is 358 g/mol. The smallest absolute Gasteiger partial charge is 0.254 e. The van der Waals surface area contributed by atoms with E-state index in [-0.39, 0.29) is 11.9 Å². The van der Waals surface area contributed by atoms with Gasteiger partial charge in [-0.05, 0) is 30.8 Å². The molecule has 2 aromatic rings. The lowest BCUT2D eigenvalue weighted by Gasteiger charge is -2.39. The van der Waals surface area contributed by atoms with Crippen molar-refractivity contribution in [1.29, 1.82) is 0 Å². The fraction of sp³-hybridized carbons (Fsp3) is 0.278. The number of likely N-dealkylation sites (N-methyl/N-ethyl adjacent to an activating group) is 1. The predicted octanol–water partition coefficient (Wildman–Crippen LogP) is 3.58. The number of hydrogen-bond acceptors (Lipinski definition) is 2. The number of carbonyl (C=O) groups excluding carboxylic acids is 1. The van der Waals surface area contributed by atoms with E-state index in [1.165, 1.54) is 5.56 Å². The van der Waals surface area contributed by atoms with E-state index >= 15 is 0 Å². The number of benzene rings is 2. The van der Waals surface area contributed by atoms with Gasteiger partial charge in [-0.25, -0.2) is 0 Å². The summed E-state index contributed by atoms with van der Waals surface area (Å²) in [6.07, 6.45) is 0. The zero-order valence-corrected chi connectivity index (χ0v) is 14.2. The molecule has 4 heteroatoms. The molecule has 1 amide bonds. The molecule has 2 aromatic carbocycles. The van der Waals surface area contributed by atoms with Crippen LogP contribution in [0.2, 0.25) is 0 Å². The molecular formula is C18H19BrN2O. The summed E-state index contributed by atoms with van der Waals surface area (Å²) in [7, 11) is 2.12. The normalized spacial score (nSPS) is 19.2. The van der Waals surface area contributed by atoms with Crippen LogP contribution in [0.15, 0.2) is 59.1 Å². The number of piperazine rings is 1. The second-order valence-electron chi connectivity index (χ2n) is 5.67. The molecule has 1 heterocycles. The number of rotatable bonds is 2. The third-order valence-corrected chi connectivity index (χ3v) is 4.68. The lowest BCUT2D eigenvalue weighted by molar-refractivity contribution is 0.0546. The van der Waals surface area contributed by atoms with Crippen LogP contribution in [-0.2, 0) is 0 Å². The maximum Gasteiger partial charge on any atom is 0.254 e. The highest BCUT2D eigenvalue weighted by Crippen LogP contribution is 2.25. The zero-order chi connectivity index (χ0) is 15.5. The highest BCUT2D eigenvalue weighted by molar-refractivity contribution is 9.10. The first kappa shape index (κ1) is 15.3. The minimum atomic E-state index is 0.107. The number of nitrogens with zero attached hydrogens (tertiary/aromatic N) is 2. The van der Waals surface area contributed by atoms with E-state index < -0.39 is 0 Å². The van der Waals surface area contributed by atoms with Crippen LogP contribution in [0.4, 0.5) is 0 Å². The number of carbonyl (C=O) groups is 1. The van der Waals surface area contributed by atoms with Gasteiger partial charge in [0.05, 0.1) is 6.04 Å². The van der Waals surface area contributed by atoms with Gasteiger partial charge in [0.1, 0.15) is 0 Å². The van der Waals surface area contributed by atoms with Gasteiger partial charge in [-0.2, -0.15) is 0 Å². The van der Waals surface area contributed by atoms with Crippen LogP contribution in [0.25, 0.3) is 0 Å². The van der Waals surface area contributed by atoms with Crippen LogP contribution in [0.3, 0.4) is 0 Å². The summed E-state index contributed by atoms with van der Waals surface area (Å²) >= 11 is 3.43. The van der Waals surface area contributed by atoms with Gasteiger partial charge in [-0.1, -0.05) is 52.3 Å². The topological polar surface area (TPSA) is 23.6 Å². The molecule has 114 valence electrons. The average Bonchev–Trinajstić information content (AvgIpc) is 2.55. The maximum absolute atomic E-state index is 12.7. The molecular weight excluding hydrogens is 340 g/mol. The summed E-state index contributed by atoms with van der Waals surface area (Å²) in [6.45, 7) is 2.39. The standard InChI is InChI=1S/C18H19BrN2O/c1-20-10-11-21(13-17(20)14-6-3-2-4-7-14)18(22)15-8-5-9-16(19)12-15/h2-9,12,17H,10-11,13H2,1H3. The SMILES string of the molecule is CN1CCN(C(=O)c2cccc(Br)c2)CC1c1ccccc1. The molecule has 1 atom stereocenters. The van der Waals surface area contributed by atoms with Gasteiger partial charge in [0.25, 0.3) is 5.91 Å². The molecule has 1 aliphatic rings. The molecule has 3 rings (SSSR count). The van der Waals surface area contributed by atoms with E-state index in [2.05, 4.69) is 52.1 Å². The van der Waals surface area contributed by atoms with Gasteiger partial charge >= 0.3 is 0 Å². The summed E-state index contributed by atoms with van der Waals surface area (Å²) in [6, 6.07) is 18.3. The summed E-state index contributed by atoms with van der Waals surface area (Å²) in [4.78, 5) is 17.0. The van der Waals surface area contributed by atoms with E-state index in [4.69, 9.17) is 0 Å². The Kier molecular flexibility index (Phi) is 4.60. The van der Waals surface area contributed by atoms with Gasteiger partial charge in [0.15, 0.2) is 0 Å². The molecule has 0 bridgehead atoms. The molecule has 0 N–H and O–H groups in total. The molecule has 0 aliphatic carbocycles. The molecule has 1 fully saturated rings. The molecule has 0 aromatic heterocycles. The highest BCUT2D eigenvalue weighted by atomic mass is 79.9. The number of halogens is 1. The van der Waals surface area contributed by atoms with Crippen molar-refractivity contribution in [3.05, 3.63) is 70.2 Å². The largest absolute Gasteiger partial charge is 0.335 e. The van der Waals surface area contributed by atoms with Gasteiger partial charge < -0.3 is 4.90 Å². The van der Waals surface area contributed by atoms with Crippen molar-refractivity contribution in [3.8, 4) is 0 Å². The summed E-state index contributed by atoms with van der Waals surface area (Å²) in [5.74, 6) is 0.107. The van der Waals surface area contributed by atoms with Crippen molar-refractivity contribution < 1.29 is 4.79 Å². The van der Waals surface area contributed by atoms with Crippen molar-refractivity contribution in [2.24, 2.45) is 0 Å². The van der Waals surface area contributed by atoms with Crippen molar-refractivity contribution >= 4 is 21.8 Å². The van der Waals surface area contributed by atoms with Crippen molar-refractivity contribution in [2.45, 2.75) is 6.04 Å². The second-order valence-corrected chi connectivity index (χ2v) is 6.58.